The summed E-state index contributed by atoms with van der Waals surface area (Å²) < 4.78 is 0. The molecule has 1 atom stereocenters. The summed E-state index contributed by atoms with van der Waals surface area (Å²) in [6.45, 7) is 5.82. The van der Waals surface area contributed by atoms with Crippen molar-refractivity contribution in [2.24, 2.45) is 0 Å². The van der Waals surface area contributed by atoms with E-state index in [1.807, 2.05) is 55.5 Å². The van der Waals surface area contributed by atoms with Gasteiger partial charge in [-0.25, -0.2) is 0 Å². The molecule has 0 saturated heterocycles. The first-order valence-electron chi connectivity index (χ1n) is 7.82. The largest absolute Gasteiger partial charge is 0.385 e. The average molecular weight is 318 g/mol. The van der Waals surface area contributed by atoms with Gasteiger partial charge in [0.15, 0.2) is 0 Å². The van der Waals surface area contributed by atoms with Crippen molar-refractivity contribution in [2.75, 3.05) is 13.1 Å². The van der Waals surface area contributed by atoms with Gasteiger partial charge in [-0.1, -0.05) is 54.9 Å². The van der Waals surface area contributed by atoms with E-state index in [2.05, 4.69) is 12.2 Å². The minimum Gasteiger partial charge on any atom is -0.385 e. The summed E-state index contributed by atoms with van der Waals surface area (Å²) in [5.74, 6) is 0. The summed E-state index contributed by atoms with van der Waals surface area (Å²) in [5.41, 5.74) is 2.39. The minimum absolute atomic E-state index is 0.702. The van der Waals surface area contributed by atoms with E-state index in [9.17, 15) is 5.11 Å². The summed E-state index contributed by atoms with van der Waals surface area (Å²) in [4.78, 5) is 0. The maximum Gasteiger partial charge on any atom is 0.0880 e. The molecule has 0 fully saturated rings. The molecule has 2 nitrogen and oxygen atoms in total. The van der Waals surface area contributed by atoms with E-state index >= 15 is 0 Å². The fraction of sp³-hybridized carbons (Fsp3) is 0.368. The van der Waals surface area contributed by atoms with Crippen LogP contribution in [-0.4, -0.2) is 18.2 Å². The van der Waals surface area contributed by atoms with Crippen molar-refractivity contribution in [2.45, 2.75) is 32.3 Å². The molecule has 2 N–H and O–H groups in total. The molecule has 2 aromatic rings. The lowest BCUT2D eigenvalue weighted by Gasteiger charge is -2.24. The predicted octanol–water partition coefficient (Wildman–Crippen LogP) is 4.60. The Balaban J connectivity index is 2.05. The number of hydrogen-bond donors (Lipinski definition) is 2. The van der Waals surface area contributed by atoms with Crippen molar-refractivity contribution in [3.63, 3.8) is 0 Å². The number of nitrogens with one attached hydrogen (secondary N) is 1. The second-order valence-electron chi connectivity index (χ2n) is 5.86. The van der Waals surface area contributed by atoms with Crippen LogP contribution in [0.3, 0.4) is 0 Å². The van der Waals surface area contributed by atoms with E-state index in [0.717, 1.165) is 41.2 Å². The minimum atomic E-state index is -0.806. The van der Waals surface area contributed by atoms with Gasteiger partial charge in [0.05, 0.1) is 5.60 Å². The van der Waals surface area contributed by atoms with Crippen LogP contribution in [0.2, 0.25) is 5.02 Å². The molecular weight excluding hydrogens is 294 g/mol. The van der Waals surface area contributed by atoms with E-state index < -0.39 is 5.60 Å². The molecule has 0 aliphatic carbocycles. The van der Waals surface area contributed by atoms with Gasteiger partial charge in [-0.15, -0.1) is 0 Å². The fourth-order valence-corrected chi connectivity index (χ4v) is 2.57. The predicted molar refractivity (Wildman–Crippen MR) is 94.2 cm³/mol. The highest BCUT2D eigenvalue weighted by Gasteiger charge is 2.22. The third-order valence-corrected chi connectivity index (χ3v) is 4.15. The third kappa shape index (κ3) is 4.57. The summed E-state index contributed by atoms with van der Waals surface area (Å²) in [7, 11) is 0. The Kier molecular flexibility index (Phi) is 6.01. The first kappa shape index (κ1) is 17.0. The van der Waals surface area contributed by atoms with Crippen LogP contribution in [0.25, 0.3) is 11.1 Å². The third-order valence-electron chi connectivity index (χ3n) is 3.90. The fourth-order valence-electron chi connectivity index (χ4n) is 2.44. The summed E-state index contributed by atoms with van der Waals surface area (Å²) in [6, 6.07) is 15.9. The second kappa shape index (κ2) is 7.77. The lowest BCUT2D eigenvalue weighted by molar-refractivity contribution is 0.0481. The quantitative estimate of drug-likeness (QED) is 0.731. The zero-order valence-electron chi connectivity index (χ0n) is 13.3. The Morgan fingerprint density at radius 3 is 2.05 bits per heavy atom. The molecule has 0 bridgehead atoms. The lowest BCUT2D eigenvalue weighted by atomic mass is 9.91. The lowest BCUT2D eigenvalue weighted by Crippen LogP contribution is -2.28. The highest BCUT2D eigenvalue weighted by Crippen LogP contribution is 2.27. The summed E-state index contributed by atoms with van der Waals surface area (Å²) >= 11 is 5.92. The van der Waals surface area contributed by atoms with E-state index in [0.29, 0.717) is 6.42 Å². The first-order valence-corrected chi connectivity index (χ1v) is 8.20. The van der Waals surface area contributed by atoms with Crippen LogP contribution in [0.4, 0.5) is 0 Å². The van der Waals surface area contributed by atoms with Crippen molar-refractivity contribution in [1.29, 1.82) is 0 Å². The molecule has 0 aliphatic rings. The standard InChI is InChI=1S/C19H24ClNO/c1-3-13-21-14-12-19(2,22)17-8-4-15(5-9-17)16-6-10-18(20)11-7-16/h4-11,21-22H,3,12-14H2,1-2H3. The van der Waals surface area contributed by atoms with Crippen molar-refractivity contribution in [3.05, 3.63) is 59.1 Å². The topological polar surface area (TPSA) is 32.3 Å². The van der Waals surface area contributed by atoms with Crippen molar-refractivity contribution < 1.29 is 5.11 Å². The number of halogens is 1. The highest BCUT2D eigenvalue weighted by atomic mass is 35.5. The van der Waals surface area contributed by atoms with E-state index in [4.69, 9.17) is 11.6 Å². The SMILES string of the molecule is CCCNCCC(C)(O)c1ccc(-c2ccc(Cl)cc2)cc1. The van der Waals surface area contributed by atoms with Gasteiger partial charge in [0.25, 0.3) is 0 Å². The molecule has 0 saturated carbocycles. The molecule has 2 rings (SSSR count). The smallest absolute Gasteiger partial charge is 0.0880 e. The molecule has 0 amide bonds. The van der Waals surface area contributed by atoms with Crippen LogP contribution in [0.15, 0.2) is 48.5 Å². The molecule has 22 heavy (non-hydrogen) atoms. The Bertz CT molecular complexity index is 575. The van der Waals surface area contributed by atoms with Gasteiger partial charge < -0.3 is 10.4 Å². The number of aliphatic hydroxyl groups is 1. The van der Waals surface area contributed by atoms with Gasteiger partial charge in [-0.2, -0.15) is 0 Å². The van der Waals surface area contributed by atoms with Crippen molar-refractivity contribution >= 4 is 11.6 Å². The zero-order chi connectivity index (χ0) is 16.0. The molecule has 0 radical (unpaired) electrons. The maximum absolute atomic E-state index is 10.6. The van der Waals surface area contributed by atoms with Crippen LogP contribution < -0.4 is 5.32 Å². The van der Waals surface area contributed by atoms with Gasteiger partial charge in [0.2, 0.25) is 0 Å². The zero-order valence-corrected chi connectivity index (χ0v) is 14.0. The number of benzene rings is 2. The van der Waals surface area contributed by atoms with Crippen LogP contribution in [0, 0.1) is 0 Å². The molecule has 0 spiro atoms. The molecule has 118 valence electrons. The number of rotatable bonds is 7. The monoisotopic (exact) mass is 317 g/mol. The Labute approximate surface area is 138 Å². The molecule has 0 aromatic heterocycles. The average Bonchev–Trinajstić information content (AvgIpc) is 2.52. The van der Waals surface area contributed by atoms with E-state index in [1.54, 1.807) is 0 Å². The molecule has 0 heterocycles. The van der Waals surface area contributed by atoms with Crippen LogP contribution in [-0.2, 0) is 5.60 Å². The Morgan fingerprint density at radius 1 is 0.955 bits per heavy atom. The van der Waals surface area contributed by atoms with Gasteiger partial charge in [0.1, 0.15) is 0 Å². The van der Waals surface area contributed by atoms with E-state index in [1.165, 1.54) is 0 Å². The Morgan fingerprint density at radius 2 is 1.50 bits per heavy atom. The summed E-state index contributed by atoms with van der Waals surface area (Å²) in [6.07, 6.45) is 1.81. The van der Waals surface area contributed by atoms with Gasteiger partial charge in [-0.3, -0.25) is 0 Å². The molecule has 2 aromatic carbocycles. The molecule has 3 heteroatoms. The summed E-state index contributed by atoms with van der Waals surface area (Å²) in [5, 5.41) is 14.7. The normalized spacial score (nSPS) is 13.8. The van der Waals surface area contributed by atoms with Crippen LogP contribution >= 0.6 is 11.6 Å². The molecular formula is C19H24ClNO. The van der Waals surface area contributed by atoms with E-state index in [-0.39, 0.29) is 0 Å². The van der Waals surface area contributed by atoms with Gasteiger partial charge >= 0.3 is 0 Å². The maximum atomic E-state index is 10.6. The molecule has 1 unspecified atom stereocenters. The first-order chi connectivity index (χ1) is 10.5. The van der Waals surface area contributed by atoms with Crippen molar-refractivity contribution in [1.82, 2.24) is 5.32 Å². The Hall–Kier alpha value is -1.35. The van der Waals surface area contributed by atoms with Gasteiger partial charge in [-0.05, 0) is 61.7 Å². The van der Waals surface area contributed by atoms with Crippen molar-refractivity contribution in [3.8, 4) is 11.1 Å². The van der Waals surface area contributed by atoms with Crippen LogP contribution in [0.1, 0.15) is 32.3 Å². The van der Waals surface area contributed by atoms with Gasteiger partial charge in [0, 0.05) is 5.02 Å². The highest BCUT2D eigenvalue weighted by molar-refractivity contribution is 6.30. The molecule has 0 aliphatic heterocycles. The van der Waals surface area contributed by atoms with Crippen LogP contribution in [0.5, 0.6) is 0 Å². The number of hydrogen-bond acceptors (Lipinski definition) is 2. The second-order valence-corrected chi connectivity index (χ2v) is 6.29.